The zero-order valence-electron chi connectivity index (χ0n) is 10.1. The lowest BCUT2D eigenvalue weighted by atomic mass is 10.1. The van der Waals surface area contributed by atoms with E-state index in [4.69, 9.17) is 11.6 Å². The normalized spacial score (nSPS) is 10.2. The molecule has 1 amide bonds. The highest BCUT2D eigenvalue weighted by molar-refractivity contribution is 6.30. The van der Waals surface area contributed by atoms with Gasteiger partial charge in [0.05, 0.1) is 5.56 Å². The molecule has 98 valence electrons. The highest BCUT2D eigenvalue weighted by Crippen LogP contribution is 2.09. The number of benzene rings is 1. The van der Waals surface area contributed by atoms with Crippen LogP contribution in [0.15, 0.2) is 42.6 Å². The maximum Gasteiger partial charge on any atom is 0.252 e. The second kappa shape index (κ2) is 6.29. The summed E-state index contributed by atoms with van der Waals surface area (Å²) in [6, 6.07) is 10.0. The number of amides is 1. The van der Waals surface area contributed by atoms with Crippen LogP contribution in [-0.4, -0.2) is 17.4 Å². The summed E-state index contributed by atoms with van der Waals surface area (Å²) in [5.74, 6) is -0.862. The Hall–Kier alpha value is -1.94. The largest absolute Gasteiger partial charge is 0.352 e. The van der Waals surface area contributed by atoms with Crippen LogP contribution in [0, 0.1) is 5.95 Å². The van der Waals surface area contributed by atoms with Crippen molar-refractivity contribution < 1.29 is 9.18 Å². The molecule has 0 aliphatic rings. The fraction of sp³-hybridized carbons (Fsp3) is 0.143. The van der Waals surface area contributed by atoms with E-state index in [0.29, 0.717) is 23.6 Å². The van der Waals surface area contributed by atoms with Crippen molar-refractivity contribution in [2.45, 2.75) is 6.42 Å². The lowest BCUT2D eigenvalue weighted by molar-refractivity contribution is 0.0953. The van der Waals surface area contributed by atoms with Gasteiger partial charge >= 0.3 is 0 Å². The van der Waals surface area contributed by atoms with Gasteiger partial charge in [0.25, 0.3) is 5.91 Å². The fourth-order valence-corrected chi connectivity index (χ4v) is 1.71. The molecule has 5 heteroatoms. The van der Waals surface area contributed by atoms with Crippen LogP contribution in [0.2, 0.25) is 5.02 Å². The fourth-order valence-electron chi connectivity index (χ4n) is 1.58. The number of nitrogens with one attached hydrogen (secondary N) is 1. The first-order valence-electron chi connectivity index (χ1n) is 5.79. The van der Waals surface area contributed by atoms with Gasteiger partial charge in [0.2, 0.25) is 5.95 Å². The topological polar surface area (TPSA) is 42.0 Å². The number of carbonyl (C=O) groups excluding carboxylic acids is 1. The van der Waals surface area contributed by atoms with Crippen molar-refractivity contribution in [1.29, 1.82) is 0 Å². The number of hydrogen-bond acceptors (Lipinski definition) is 2. The summed E-state index contributed by atoms with van der Waals surface area (Å²) in [5.41, 5.74) is 1.43. The van der Waals surface area contributed by atoms with Gasteiger partial charge in [-0.2, -0.15) is 4.39 Å². The van der Waals surface area contributed by atoms with Crippen LogP contribution in [-0.2, 0) is 6.42 Å². The molecular formula is C14H12ClFN2O. The van der Waals surface area contributed by atoms with Crippen LogP contribution in [0.4, 0.5) is 4.39 Å². The first kappa shape index (κ1) is 13.5. The van der Waals surface area contributed by atoms with Gasteiger partial charge in [0, 0.05) is 17.8 Å². The molecule has 3 nitrogen and oxygen atoms in total. The minimum absolute atomic E-state index is 0.263. The Morgan fingerprint density at radius 1 is 1.21 bits per heavy atom. The van der Waals surface area contributed by atoms with Crippen molar-refractivity contribution in [2.75, 3.05) is 6.54 Å². The highest BCUT2D eigenvalue weighted by Gasteiger charge is 2.05. The van der Waals surface area contributed by atoms with Gasteiger partial charge in [-0.25, -0.2) is 4.98 Å². The summed E-state index contributed by atoms with van der Waals surface area (Å²) < 4.78 is 12.6. The summed E-state index contributed by atoms with van der Waals surface area (Å²) in [5, 5.41) is 3.43. The molecule has 2 aromatic rings. The van der Waals surface area contributed by atoms with E-state index in [1.54, 1.807) is 0 Å². The zero-order valence-corrected chi connectivity index (χ0v) is 10.8. The molecule has 0 aliphatic heterocycles. The number of pyridine rings is 1. The Bertz CT molecular complexity index is 555. The second-order valence-electron chi connectivity index (χ2n) is 4.00. The third-order valence-corrected chi connectivity index (χ3v) is 2.85. The minimum atomic E-state index is -0.599. The van der Waals surface area contributed by atoms with E-state index in [1.807, 2.05) is 24.3 Å². The maximum atomic E-state index is 12.6. The number of aromatic nitrogens is 1. The van der Waals surface area contributed by atoms with E-state index in [1.165, 1.54) is 12.3 Å². The third-order valence-electron chi connectivity index (χ3n) is 2.60. The van der Waals surface area contributed by atoms with Crippen molar-refractivity contribution in [3.63, 3.8) is 0 Å². The Balaban J connectivity index is 1.84. The van der Waals surface area contributed by atoms with Crippen molar-refractivity contribution >= 4 is 17.5 Å². The minimum Gasteiger partial charge on any atom is -0.352 e. The van der Waals surface area contributed by atoms with Gasteiger partial charge in [0.1, 0.15) is 0 Å². The van der Waals surface area contributed by atoms with Crippen LogP contribution in [0.3, 0.4) is 0 Å². The summed E-state index contributed by atoms with van der Waals surface area (Å²) in [6.45, 7) is 0.498. The SMILES string of the molecule is O=C(NCCc1ccc(Cl)cc1)c1ccc(F)nc1. The molecule has 0 fully saturated rings. The molecule has 1 aromatic carbocycles. The highest BCUT2D eigenvalue weighted by atomic mass is 35.5. The molecule has 0 saturated heterocycles. The van der Waals surface area contributed by atoms with Crippen LogP contribution < -0.4 is 5.32 Å². The molecule has 1 aromatic heterocycles. The van der Waals surface area contributed by atoms with Gasteiger partial charge in [0.15, 0.2) is 0 Å². The molecule has 0 atom stereocenters. The lowest BCUT2D eigenvalue weighted by Crippen LogP contribution is -2.25. The molecule has 0 bridgehead atoms. The van der Waals surface area contributed by atoms with E-state index in [-0.39, 0.29) is 5.91 Å². The predicted octanol–water partition coefficient (Wildman–Crippen LogP) is 2.85. The molecule has 0 radical (unpaired) electrons. The number of rotatable bonds is 4. The molecule has 1 N–H and O–H groups in total. The molecule has 0 saturated carbocycles. The standard InChI is InChI=1S/C14H12ClFN2O/c15-12-4-1-10(2-5-12)7-8-17-14(19)11-3-6-13(16)18-9-11/h1-6,9H,7-8H2,(H,17,19). The third kappa shape index (κ3) is 4.03. The van der Waals surface area contributed by atoms with E-state index in [9.17, 15) is 9.18 Å². The van der Waals surface area contributed by atoms with Crippen molar-refractivity contribution in [2.24, 2.45) is 0 Å². The van der Waals surface area contributed by atoms with E-state index in [0.717, 1.165) is 11.6 Å². The van der Waals surface area contributed by atoms with Gasteiger partial charge < -0.3 is 5.32 Å². The molecule has 19 heavy (non-hydrogen) atoms. The molecular weight excluding hydrogens is 267 g/mol. The Morgan fingerprint density at radius 3 is 2.58 bits per heavy atom. The van der Waals surface area contributed by atoms with E-state index >= 15 is 0 Å². The van der Waals surface area contributed by atoms with Crippen LogP contribution in [0.1, 0.15) is 15.9 Å². The number of nitrogens with zero attached hydrogens (tertiary/aromatic N) is 1. The lowest BCUT2D eigenvalue weighted by Gasteiger charge is -2.05. The number of hydrogen-bond donors (Lipinski definition) is 1. The Labute approximate surface area is 115 Å². The molecule has 0 unspecified atom stereocenters. The molecule has 2 rings (SSSR count). The van der Waals surface area contributed by atoms with Crippen LogP contribution in [0.25, 0.3) is 0 Å². The summed E-state index contributed by atoms with van der Waals surface area (Å²) in [7, 11) is 0. The predicted molar refractivity (Wildman–Crippen MR) is 71.7 cm³/mol. The van der Waals surface area contributed by atoms with Crippen molar-refractivity contribution in [3.05, 3.63) is 64.7 Å². The van der Waals surface area contributed by atoms with Crippen molar-refractivity contribution in [3.8, 4) is 0 Å². The van der Waals surface area contributed by atoms with Gasteiger partial charge in [-0.15, -0.1) is 0 Å². The van der Waals surface area contributed by atoms with Gasteiger partial charge in [-0.1, -0.05) is 23.7 Å². The summed E-state index contributed by atoms with van der Waals surface area (Å²) in [4.78, 5) is 15.1. The monoisotopic (exact) mass is 278 g/mol. The first-order chi connectivity index (χ1) is 9.15. The zero-order chi connectivity index (χ0) is 13.7. The Kier molecular flexibility index (Phi) is 4.47. The van der Waals surface area contributed by atoms with Crippen LogP contribution in [0.5, 0.6) is 0 Å². The van der Waals surface area contributed by atoms with Gasteiger partial charge in [-0.05, 0) is 36.2 Å². The van der Waals surface area contributed by atoms with Crippen LogP contribution >= 0.6 is 11.6 Å². The average molecular weight is 279 g/mol. The smallest absolute Gasteiger partial charge is 0.252 e. The van der Waals surface area contributed by atoms with Crippen molar-refractivity contribution in [1.82, 2.24) is 10.3 Å². The maximum absolute atomic E-state index is 12.6. The number of carbonyl (C=O) groups is 1. The molecule has 0 aliphatic carbocycles. The first-order valence-corrected chi connectivity index (χ1v) is 6.17. The molecule has 0 spiro atoms. The average Bonchev–Trinajstić information content (AvgIpc) is 2.41. The van der Waals surface area contributed by atoms with Gasteiger partial charge in [-0.3, -0.25) is 4.79 Å². The van der Waals surface area contributed by atoms with E-state index < -0.39 is 5.95 Å². The quantitative estimate of drug-likeness (QED) is 0.874. The molecule has 1 heterocycles. The summed E-state index contributed by atoms with van der Waals surface area (Å²) in [6.07, 6.45) is 1.92. The Morgan fingerprint density at radius 2 is 1.95 bits per heavy atom. The second-order valence-corrected chi connectivity index (χ2v) is 4.44. The number of halogens is 2. The summed E-state index contributed by atoms with van der Waals surface area (Å²) >= 11 is 5.78. The van der Waals surface area contributed by atoms with E-state index in [2.05, 4.69) is 10.3 Å².